The average molecular weight is 303 g/mol. The van der Waals surface area contributed by atoms with Gasteiger partial charge in [0.2, 0.25) is 5.91 Å². The van der Waals surface area contributed by atoms with Gasteiger partial charge >= 0.3 is 12.2 Å². The van der Waals surface area contributed by atoms with E-state index in [2.05, 4.69) is 10.6 Å². The summed E-state index contributed by atoms with van der Waals surface area (Å²) in [6.45, 7) is 1.59. The average Bonchev–Trinajstić information content (AvgIpc) is 2.35. The Bertz CT molecular complexity index is 518. The van der Waals surface area contributed by atoms with E-state index in [0.29, 0.717) is 11.3 Å². The third kappa shape index (κ3) is 6.64. The highest BCUT2D eigenvalue weighted by Gasteiger charge is 2.27. The number of hydrogen-bond donors (Lipinski definition) is 3. The molecule has 0 saturated carbocycles. The number of rotatable bonds is 4. The molecular weight excluding hydrogens is 287 g/mol. The summed E-state index contributed by atoms with van der Waals surface area (Å²) in [5.41, 5.74) is 1.20. The van der Waals surface area contributed by atoms with Gasteiger partial charge in [-0.25, -0.2) is 4.79 Å². The topological polar surface area (TPSA) is 70.2 Å². The Hall–Kier alpha value is -2.25. The molecule has 0 saturated heterocycles. The summed E-state index contributed by atoms with van der Waals surface area (Å²) in [6.07, 6.45) is -4.45. The largest absolute Gasteiger partial charge is 0.405 e. The highest BCUT2D eigenvalue weighted by Crippen LogP contribution is 2.17. The van der Waals surface area contributed by atoms with Crippen LogP contribution in [0.1, 0.15) is 25.5 Å². The second-order valence-corrected chi connectivity index (χ2v) is 4.47. The van der Waals surface area contributed by atoms with Crippen molar-refractivity contribution in [3.05, 3.63) is 29.8 Å². The molecule has 0 aliphatic rings. The van der Waals surface area contributed by atoms with E-state index < -0.39 is 24.8 Å². The van der Waals surface area contributed by atoms with Gasteiger partial charge in [0.25, 0.3) is 0 Å². The maximum Gasteiger partial charge on any atom is 0.405 e. The van der Waals surface area contributed by atoms with E-state index in [1.54, 1.807) is 36.5 Å². The summed E-state index contributed by atoms with van der Waals surface area (Å²) in [5.74, 6) is -0.240. The first-order valence-corrected chi connectivity index (χ1v) is 6.16. The smallest absolute Gasteiger partial charge is 0.332 e. The first-order chi connectivity index (χ1) is 9.67. The monoisotopic (exact) mass is 303 g/mol. The molecule has 0 aromatic heterocycles. The minimum absolute atomic E-state index is 0.240. The van der Waals surface area contributed by atoms with Crippen molar-refractivity contribution >= 4 is 17.6 Å². The van der Waals surface area contributed by atoms with Gasteiger partial charge in [0.15, 0.2) is 0 Å². The van der Waals surface area contributed by atoms with Crippen molar-refractivity contribution in [2.45, 2.75) is 26.1 Å². The molecule has 3 amide bonds. The third-order valence-electron chi connectivity index (χ3n) is 2.50. The molecule has 0 radical (unpaired) electrons. The van der Waals surface area contributed by atoms with Crippen molar-refractivity contribution in [2.24, 2.45) is 0 Å². The van der Waals surface area contributed by atoms with Crippen molar-refractivity contribution in [3.8, 4) is 0 Å². The van der Waals surface area contributed by atoms with E-state index in [1.165, 1.54) is 6.92 Å². The first kappa shape index (κ1) is 16.8. The van der Waals surface area contributed by atoms with Gasteiger partial charge in [-0.05, 0) is 24.6 Å². The Morgan fingerprint density at radius 1 is 1.29 bits per heavy atom. The second-order valence-electron chi connectivity index (χ2n) is 4.47. The molecule has 8 heteroatoms. The minimum Gasteiger partial charge on any atom is -0.332 e. The minimum atomic E-state index is -4.45. The molecule has 3 N–H and O–H groups in total. The van der Waals surface area contributed by atoms with E-state index in [9.17, 15) is 22.8 Å². The molecule has 0 heterocycles. The van der Waals surface area contributed by atoms with Gasteiger partial charge in [0.05, 0.1) is 6.04 Å². The molecule has 0 unspecified atom stereocenters. The van der Waals surface area contributed by atoms with Crippen LogP contribution in [0.15, 0.2) is 24.3 Å². The Morgan fingerprint density at radius 2 is 1.95 bits per heavy atom. The Morgan fingerprint density at radius 3 is 2.52 bits per heavy atom. The lowest BCUT2D eigenvalue weighted by Gasteiger charge is -2.16. The van der Waals surface area contributed by atoms with Crippen LogP contribution in [0.2, 0.25) is 0 Å². The maximum absolute atomic E-state index is 12.0. The van der Waals surface area contributed by atoms with Gasteiger partial charge in [0.1, 0.15) is 6.54 Å². The predicted octanol–water partition coefficient (Wildman–Crippen LogP) is 2.57. The van der Waals surface area contributed by atoms with Crippen LogP contribution in [0.25, 0.3) is 0 Å². The number of carbonyl (C=O) groups excluding carboxylic acids is 2. The number of urea groups is 1. The van der Waals surface area contributed by atoms with Crippen LogP contribution in [0, 0.1) is 0 Å². The lowest BCUT2D eigenvalue weighted by molar-refractivity contribution is -0.122. The van der Waals surface area contributed by atoms with Crippen LogP contribution >= 0.6 is 0 Å². The summed E-state index contributed by atoms with van der Waals surface area (Å²) in [4.78, 5) is 22.3. The lowest BCUT2D eigenvalue weighted by atomic mass is 10.1. The van der Waals surface area contributed by atoms with Gasteiger partial charge in [-0.3, -0.25) is 4.79 Å². The molecule has 0 aliphatic carbocycles. The van der Waals surface area contributed by atoms with Gasteiger partial charge in [-0.15, -0.1) is 0 Å². The van der Waals surface area contributed by atoms with E-state index in [4.69, 9.17) is 0 Å². The first-order valence-electron chi connectivity index (χ1n) is 6.16. The number of alkyl halides is 3. The van der Waals surface area contributed by atoms with E-state index in [0.717, 1.165) is 0 Å². The zero-order chi connectivity index (χ0) is 16.0. The molecule has 0 fully saturated rings. The van der Waals surface area contributed by atoms with Crippen molar-refractivity contribution in [2.75, 3.05) is 11.9 Å². The van der Waals surface area contributed by atoms with Gasteiger partial charge in [-0.2, -0.15) is 13.2 Å². The number of benzene rings is 1. The quantitative estimate of drug-likeness (QED) is 0.800. The van der Waals surface area contributed by atoms with Crippen molar-refractivity contribution < 1.29 is 22.8 Å². The molecule has 1 aromatic carbocycles. The van der Waals surface area contributed by atoms with Crippen LogP contribution < -0.4 is 16.0 Å². The number of hydrogen-bond acceptors (Lipinski definition) is 2. The Labute approximate surface area is 119 Å². The van der Waals surface area contributed by atoms with E-state index in [1.807, 2.05) is 0 Å². The number of nitrogens with one attached hydrogen (secondary N) is 3. The SMILES string of the molecule is CC(=O)Nc1cccc([C@@H](C)NC(=O)NCC(F)(F)F)c1. The zero-order valence-corrected chi connectivity index (χ0v) is 11.5. The molecule has 0 bridgehead atoms. The van der Waals surface area contributed by atoms with Gasteiger partial charge < -0.3 is 16.0 Å². The molecule has 5 nitrogen and oxygen atoms in total. The Balaban J connectivity index is 2.60. The normalized spacial score (nSPS) is 12.4. The number of halogens is 3. The Kier molecular flexibility index (Phi) is 5.57. The van der Waals surface area contributed by atoms with E-state index >= 15 is 0 Å². The van der Waals surface area contributed by atoms with Crippen molar-refractivity contribution in [1.29, 1.82) is 0 Å². The molecule has 1 atom stereocenters. The van der Waals surface area contributed by atoms with Crippen LogP contribution in [0.4, 0.5) is 23.7 Å². The van der Waals surface area contributed by atoms with E-state index in [-0.39, 0.29) is 5.91 Å². The summed E-state index contributed by atoms with van der Waals surface area (Å²) < 4.78 is 35.9. The standard InChI is InChI=1S/C13H16F3N3O2/c1-8(18-12(21)17-7-13(14,15)16)10-4-3-5-11(6-10)19-9(2)20/h3-6,8H,7H2,1-2H3,(H,19,20)(H2,17,18,21)/t8-/m1/s1. The maximum atomic E-state index is 12.0. The molecular formula is C13H16F3N3O2. The highest BCUT2D eigenvalue weighted by atomic mass is 19.4. The second kappa shape index (κ2) is 6.96. The highest BCUT2D eigenvalue weighted by molar-refractivity contribution is 5.88. The van der Waals surface area contributed by atoms with Gasteiger partial charge in [0, 0.05) is 12.6 Å². The van der Waals surface area contributed by atoms with Crippen LogP contribution in [-0.4, -0.2) is 24.7 Å². The summed E-state index contributed by atoms with van der Waals surface area (Å²) in [7, 11) is 0. The molecule has 116 valence electrons. The van der Waals surface area contributed by atoms with Crippen molar-refractivity contribution in [1.82, 2.24) is 10.6 Å². The molecule has 1 rings (SSSR count). The fraction of sp³-hybridized carbons (Fsp3) is 0.385. The van der Waals surface area contributed by atoms with Gasteiger partial charge in [-0.1, -0.05) is 12.1 Å². The van der Waals surface area contributed by atoms with Crippen LogP contribution in [-0.2, 0) is 4.79 Å². The molecule has 21 heavy (non-hydrogen) atoms. The predicted molar refractivity (Wildman–Crippen MR) is 71.8 cm³/mol. The van der Waals surface area contributed by atoms with Crippen LogP contribution in [0.3, 0.4) is 0 Å². The molecule has 0 spiro atoms. The fourth-order valence-corrected chi connectivity index (χ4v) is 1.60. The zero-order valence-electron chi connectivity index (χ0n) is 11.5. The molecule has 0 aliphatic heterocycles. The summed E-state index contributed by atoms with van der Waals surface area (Å²) >= 11 is 0. The number of amides is 3. The fourth-order valence-electron chi connectivity index (χ4n) is 1.60. The number of carbonyl (C=O) groups is 2. The lowest BCUT2D eigenvalue weighted by Crippen LogP contribution is -2.41. The number of anilines is 1. The van der Waals surface area contributed by atoms with Crippen LogP contribution in [0.5, 0.6) is 0 Å². The summed E-state index contributed by atoms with van der Waals surface area (Å²) in [5, 5.41) is 6.69. The third-order valence-corrected chi connectivity index (χ3v) is 2.50. The molecule has 1 aromatic rings. The van der Waals surface area contributed by atoms with Crippen molar-refractivity contribution in [3.63, 3.8) is 0 Å². The summed E-state index contributed by atoms with van der Waals surface area (Å²) in [6, 6.07) is 5.25.